The summed E-state index contributed by atoms with van der Waals surface area (Å²) in [5.74, 6) is 0.821. The Morgan fingerprint density at radius 2 is 1.91 bits per heavy atom. The van der Waals surface area contributed by atoms with Crippen molar-refractivity contribution in [1.82, 2.24) is 10.1 Å². The Morgan fingerprint density at radius 1 is 1.09 bits per heavy atom. The Hall–Kier alpha value is -3.26. The van der Waals surface area contributed by atoms with Gasteiger partial charge in [-0.25, -0.2) is 0 Å². The number of ether oxygens (including phenoxy) is 1. The zero-order chi connectivity index (χ0) is 22.8. The van der Waals surface area contributed by atoms with Crippen LogP contribution in [0.2, 0.25) is 0 Å². The molecule has 0 bridgehead atoms. The van der Waals surface area contributed by atoms with Crippen molar-refractivity contribution in [3.05, 3.63) is 41.6 Å². The molecule has 0 unspecified atom stereocenters. The number of piperidine rings is 1. The molecule has 174 valence electrons. The normalized spacial score (nSPS) is 17.2. The number of aryl methyl sites for hydroxylation is 1. The first kappa shape index (κ1) is 21.6. The van der Waals surface area contributed by atoms with Crippen LogP contribution in [-0.4, -0.2) is 52.4 Å². The summed E-state index contributed by atoms with van der Waals surface area (Å²) in [5.41, 5.74) is 3.41. The van der Waals surface area contributed by atoms with Gasteiger partial charge in [-0.2, -0.15) is 0 Å². The molecule has 2 aliphatic rings. The van der Waals surface area contributed by atoms with Gasteiger partial charge in [0.25, 0.3) is 0 Å². The minimum absolute atomic E-state index is 0.0672. The third-order valence-corrected chi connectivity index (χ3v) is 6.68. The fourth-order valence-electron chi connectivity index (χ4n) is 4.77. The van der Waals surface area contributed by atoms with Gasteiger partial charge in [-0.1, -0.05) is 11.2 Å². The van der Waals surface area contributed by atoms with E-state index in [4.69, 9.17) is 9.26 Å². The molecule has 0 spiro atoms. The summed E-state index contributed by atoms with van der Waals surface area (Å²) >= 11 is 0. The minimum atomic E-state index is -0.192. The third kappa shape index (κ3) is 4.75. The van der Waals surface area contributed by atoms with E-state index >= 15 is 0 Å². The highest BCUT2D eigenvalue weighted by atomic mass is 16.5. The molecule has 2 aromatic carbocycles. The van der Waals surface area contributed by atoms with Gasteiger partial charge < -0.3 is 29.7 Å². The summed E-state index contributed by atoms with van der Waals surface area (Å²) in [6.07, 6.45) is 5.35. The quantitative estimate of drug-likeness (QED) is 0.366. The first-order valence-corrected chi connectivity index (χ1v) is 11.7. The van der Waals surface area contributed by atoms with Gasteiger partial charge >= 0.3 is 0 Å². The Labute approximate surface area is 192 Å². The van der Waals surface area contributed by atoms with Crippen LogP contribution in [0.3, 0.4) is 0 Å². The van der Waals surface area contributed by atoms with E-state index in [2.05, 4.69) is 15.4 Å². The van der Waals surface area contributed by atoms with E-state index in [1.165, 1.54) is 11.6 Å². The average molecular weight is 452 g/mol. The molecule has 5 rings (SSSR count). The van der Waals surface area contributed by atoms with Gasteiger partial charge in [0.05, 0.1) is 12.3 Å². The van der Waals surface area contributed by atoms with Crippen LogP contribution in [0.1, 0.15) is 49.3 Å². The van der Waals surface area contributed by atoms with E-state index in [0.717, 1.165) is 74.3 Å². The number of hydrogen-bond acceptors (Lipinski definition) is 7. The lowest BCUT2D eigenvalue weighted by atomic mass is 9.91. The van der Waals surface area contributed by atoms with Crippen LogP contribution in [0, 0.1) is 0 Å². The molecule has 0 radical (unpaired) electrons. The van der Waals surface area contributed by atoms with Gasteiger partial charge in [0, 0.05) is 35.5 Å². The van der Waals surface area contributed by atoms with Crippen molar-refractivity contribution in [2.24, 2.45) is 0 Å². The second-order valence-electron chi connectivity index (χ2n) is 8.94. The second kappa shape index (κ2) is 9.31. The number of anilines is 1. The van der Waals surface area contributed by atoms with Crippen LogP contribution in [0.15, 0.2) is 34.9 Å². The fraction of sp³-hybridized carbons (Fsp3) is 0.440. The summed E-state index contributed by atoms with van der Waals surface area (Å²) < 4.78 is 11.3. The summed E-state index contributed by atoms with van der Waals surface area (Å²) in [5, 5.41) is 27.4. The number of benzene rings is 2. The lowest BCUT2D eigenvalue weighted by Gasteiger charge is -2.31. The first-order chi connectivity index (χ1) is 16.1. The van der Waals surface area contributed by atoms with Crippen LogP contribution in [-0.2, 0) is 11.2 Å². The van der Waals surface area contributed by atoms with Gasteiger partial charge in [0.2, 0.25) is 5.91 Å². The SMILES string of the molecule is O=C1CCc2ccc(OCCCCN3CCC(c4noc5cc(O)c(O)cc45)CC3)cc2N1. The Kier molecular flexibility index (Phi) is 6.09. The van der Waals surface area contributed by atoms with Gasteiger partial charge in [-0.05, 0) is 69.4 Å². The third-order valence-electron chi connectivity index (χ3n) is 6.68. The number of amides is 1. The number of rotatable bonds is 7. The Balaban J connectivity index is 1.05. The number of phenols is 2. The van der Waals surface area contributed by atoms with Gasteiger partial charge in [-0.15, -0.1) is 0 Å². The Morgan fingerprint density at radius 3 is 2.76 bits per heavy atom. The molecule has 3 aromatic rings. The number of nitrogens with zero attached hydrogens (tertiary/aromatic N) is 2. The summed E-state index contributed by atoms with van der Waals surface area (Å²) in [7, 11) is 0. The maximum atomic E-state index is 11.6. The molecule has 2 aliphatic heterocycles. The molecule has 0 aliphatic carbocycles. The molecule has 3 N–H and O–H groups in total. The molecular weight excluding hydrogens is 422 g/mol. The predicted molar refractivity (Wildman–Crippen MR) is 124 cm³/mol. The van der Waals surface area contributed by atoms with E-state index in [0.29, 0.717) is 24.5 Å². The highest BCUT2D eigenvalue weighted by Crippen LogP contribution is 2.37. The molecule has 3 heterocycles. The number of unbranched alkanes of at least 4 members (excludes halogenated alkanes) is 1. The number of carbonyl (C=O) groups excluding carboxylic acids is 1. The van der Waals surface area contributed by atoms with Crippen molar-refractivity contribution in [3.63, 3.8) is 0 Å². The summed E-state index contributed by atoms with van der Waals surface area (Å²) in [4.78, 5) is 14.0. The van der Waals surface area contributed by atoms with Crippen LogP contribution in [0.25, 0.3) is 11.0 Å². The van der Waals surface area contributed by atoms with Crippen LogP contribution >= 0.6 is 0 Å². The number of nitrogens with one attached hydrogen (secondary N) is 1. The average Bonchev–Trinajstić information content (AvgIpc) is 3.21. The van der Waals surface area contributed by atoms with Crippen molar-refractivity contribution < 1.29 is 24.3 Å². The maximum Gasteiger partial charge on any atom is 0.224 e. The zero-order valence-corrected chi connectivity index (χ0v) is 18.5. The highest BCUT2D eigenvalue weighted by molar-refractivity contribution is 5.94. The molecule has 1 saturated heterocycles. The standard InChI is InChI=1S/C25H29N3O5/c29-21-14-19-23(15-22(21)30)33-27-25(19)17-7-10-28(11-8-17)9-1-2-12-32-18-5-3-16-4-6-24(31)26-20(16)13-18/h3,5,13-15,17,29-30H,1-2,4,6-12H2,(H,26,31). The lowest BCUT2D eigenvalue weighted by molar-refractivity contribution is -0.116. The number of likely N-dealkylation sites (tertiary alicyclic amines) is 1. The second-order valence-corrected chi connectivity index (χ2v) is 8.94. The molecule has 33 heavy (non-hydrogen) atoms. The zero-order valence-electron chi connectivity index (χ0n) is 18.5. The number of aromatic hydroxyl groups is 2. The van der Waals surface area contributed by atoms with Crippen molar-refractivity contribution in [2.45, 2.75) is 44.4 Å². The van der Waals surface area contributed by atoms with Crippen LogP contribution in [0.4, 0.5) is 5.69 Å². The van der Waals surface area contributed by atoms with E-state index in [1.54, 1.807) is 6.07 Å². The smallest absolute Gasteiger partial charge is 0.224 e. The largest absolute Gasteiger partial charge is 0.504 e. The van der Waals surface area contributed by atoms with Crippen molar-refractivity contribution >= 4 is 22.6 Å². The molecule has 1 amide bonds. The van der Waals surface area contributed by atoms with Crippen molar-refractivity contribution in [3.8, 4) is 17.2 Å². The van der Waals surface area contributed by atoms with Gasteiger partial charge in [-0.3, -0.25) is 4.79 Å². The molecule has 1 aromatic heterocycles. The molecule has 8 heteroatoms. The first-order valence-electron chi connectivity index (χ1n) is 11.7. The molecule has 1 fully saturated rings. The summed E-state index contributed by atoms with van der Waals surface area (Å²) in [6, 6.07) is 8.90. The number of hydrogen-bond donors (Lipinski definition) is 3. The monoisotopic (exact) mass is 451 g/mol. The molecule has 0 saturated carbocycles. The van der Waals surface area contributed by atoms with E-state index in [1.807, 2.05) is 18.2 Å². The molecular formula is C25H29N3O5. The number of carbonyl (C=O) groups is 1. The highest BCUT2D eigenvalue weighted by Gasteiger charge is 2.25. The summed E-state index contributed by atoms with van der Waals surface area (Å²) in [6.45, 7) is 3.68. The maximum absolute atomic E-state index is 11.6. The predicted octanol–water partition coefficient (Wildman–Crippen LogP) is 4.16. The molecule has 0 atom stereocenters. The van der Waals surface area contributed by atoms with Gasteiger partial charge in [0.1, 0.15) is 5.75 Å². The van der Waals surface area contributed by atoms with Crippen LogP contribution < -0.4 is 10.1 Å². The molecule has 8 nitrogen and oxygen atoms in total. The van der Waals surface area contributed by atoms with Crippen molar-refractivity contribution in [1.29, 1.82) is 0 Å². The van der Waals surface area contributed by atoms with E-state index in [-0.39, 0.29) is 17.4 Å². The number of phenolic OH excluding ortho intramolecular Hbond substituents is 2. The van der Waals surface area contributed by atoms with E-state index in [9.17, 15) is 15.0 Å². The van der Waals surface area contributed by atoms with Crippen molar-refractivity contribution in [2.75, 3.05) is 31.6 Å². The topological polar surface area (TPSA) is 108 Å². The van der Waals surface area contributed by atoms with E-state index < -0.39 is 0 Å². The number of aromatic nitrogens is 1. The van der Waals surface area contributed by atoms with Gasteiger partial charge in [0.15, 0.2) is 17.1 Å². The Bertz CT molecular complexity index is 1150. The minimum Gasteiger partial charge on any atom is -0.504 e. The van der Waals surface area contributed by atoms with Crippen LogP contribution in [0.5, 0.6) is 17.2 Å². The fourth-order valence-corrected chi connectivity index (χ4v) is 4.77. The number of fused-ring (bicyclic) bond motifs is 2. The lowest BCUT2D eigenvalue weighted by Crippen LogP contribution is -2.34.